The SMILES string of the molecule is CCOc1ccccc1-n1ccn(CC(=O)Nc2ccc(OC)c(Cl)c2)c(=O)c1=O. The van der Waals surface area contributed by atoms with Crippen molar-refractivity contribution in [2.75, 3.05) is 19.0 Å². The molecule has 2 aromatic carbocycles. The largest absolute Gasteiger partial charge is 0.495 e. The number of carbonyl (C=O) groups is 1. The van der Waals surface area contributed by atoms with Crippen LogP contribution in [0.15, 0.2) is 64.4 Å². The summed E-state index contributed by atoms with van der Waals surface area (Å²) in [5.41, 5.74) is -0.722. The van der Waals surface area contributed by atoms with Gasteiger partial charge in [0.15, 0.2) is 0 Å². The molecule has 156 valence electrons. The van der Waals surface area contributed by atoms with E-state index in [-0.39, 0.29) is 6.54 Å². The maximum absolute atomic E-state index is 12.6. The van der Waals surface area contributed by atoms with Crippen LogP contribution in [-0.4, -0.2) is 28.8 Å². The minimum absolute atomic E-state index is 0.328. The normalized spacial score (nSPS) is 10.5. The maximum Gasteiger partial charge on any atom is 0.321 e. The van der Waals surface area contributed by atoms with Gasteiger partial charge in [-0.3, -0.25) is 23.5 Å². The van der Waals surface area contributed by atoms with Crippen molar-refractivity contribution in [1.29, 1.82) is 0 Å². The van der Waals surface area contributed by atoms with Gasteiger partial charge in [-0.05, 0) is 37.3 Å². The van der Waals surface area contributed by atoms with Gasteiger partial charge in [-0.25, -0.2) is 0 Å². The zero-order valence-electron chi connectivity index (χ0n) is 16.4. The molecule has 0 bridgehead atoms. The molecule has 3 aromatic rings. The predicted octanol–water partition coefficient (Wildman–Crippen LogP) is 2.70. The Morgan fingerprint density at radius 1 is 1.07 bits per heavy atom. The number of nitrogens with one attached hydrogen (secondary N) is 1. The predicted molar refractivity (Wildman–Crippen MR) is 114 cm³/mol. The molecule has 0 aliphatic rings. The van der Waals surface area contributed by atoms with E-state index in [9.17, 15) is 14.4 Å². The lowest BCUT2D eigenvalue weighted by atomic mass is 10.3. The first kappa shape index (κ1) is 21.2. The number of aromatic nitrogens is 2. The molecule has 30 heavy (non-hydrogen) atoms. The molecule has 0 saturated heterocycles. The van der Waals surface area contributed by atoms with E-state index in [1.807, 2.05) is 6.92 Å². The fourth-order valence-electron chi connectivity index (χ4n) is 2.86. The van der Waals surface area contributed by atoms with E-state index < -0.39 is 17.0 Å². The van der Waals surface area contributed by atoms with Crippen LogP contribution in [0.4, 0.5) is 5.69 Å². The van der Waals surface area contributed by atoms with Crippen molar-refractivity contribution in [3.05, 3.63) is 80.6 Å². The number of para-hydroxylation sites is 2. The van der Waals surface area contributed by atoms with Crippen molar-refractivity contribution in [3.63, 3.8) is 0 Å². The number of nitrogens with zero attached hydrogens (tertiary/aromatic N) is 2. The maximum atomic E-state index is 12.6. The zero-order valence-corrected chi connectivity index (χ0v) is 17.2. The summed E-state index contributed by atoms with van der Waals surface area (Å²) < 4.78 is 12.8. The van der Waals surface area contributed by atoms with Crippen molar-refractivity contribution in [3.8, 4) is 17.2 Å². The Morgan fingerprint density at radius 3 is 2.53 bits per heavy atom. The molecule has 1 aromatic heterocycles. The van der Waals surface area contributed by atoms with Crippen molar-refractivity contribution < 1.29 is 14.3 Å². The summed E-state index contributed by atoms with van der Waals surface area (Å²) in [4.78, 5) is 37.5. The van der Waals surface area contributed by atoms with E-state index in [1.54, 1.807) is 36.4 Å². The molecule has 3 rings (SSSR count). The fourth-order valence-corrected chi connectivity index (χ4v) is 3.11. The lowest BCUT2D eigenvalue weighted by molar-refractivity contribution is -0.116. The molecule has 0 aliphatic heterocycles. The standard InChI is InChI=1S/C21H20ClN3O5/c1-3-30-18-7-5-4-6-16(18)25-11-10-24(20(27)21(25)28)13-19(26)23-14-8-9-17(29-2)15(22)12-14/h4-12H,3,13H2,1-2H3,(H,23,26). The molecule has 1 amide bonds. The second kappa shape index (κ2) is 9.32. The fraction of sp³-hybridized carbons (Fsp3) is 0.190. The Morgan fingerprint density at radius 2 is 1.83 bits per heavy atom. The Bertz CT molecular complexity index is 1190. The molecule has 0 atom stereocenters. The van der Waals surface area contributed by atoms with E-state index in [4.69, 9.17) is 21.1 Å². The van der Waals surface area contributed by atoms with Crippen LogP contribution in [0, 0.1) is 0 Å². The van der Waals surface area contributed by atoms with Crippen LogP contribution in [0.5, 0.6) is 11.5 Å². The van der Waals surface area contributed by atoms with Crippen LogP contribution in [0.2, 0.25) is 5.02 Å². The highest BCUT2D eigenvalue weighted by molar-refractivity contribution is 6.32. The first-order valence-electron chi connectivity index (χ1n) is 9.12. The number of rotatable bonds is 7. The van der Waals surface area contributed by atoms with Gasteiger partial charge >= 0.3 is 11.1 Å². The molecule has 1 heterocycles. The summed E-state index contributed by atoms with van der Waals surface area (Å²) in [7, 11) is 1.49. The van der Waals surface area contributed by atoms with E-state index in [0.29, 0.717) is 34.5 Å². The van der Waals surface area contributed by atoms with Crippen molar-refractivity contribution in [1.82, 2.24) is 9.13 Å². The smallest absolute Gasteiger partial charge is 0.321 e. The lowest BCUT2D eigenvalue weighted by Gasteiger charge is -2.13. The van der Waals surface area contributed by atoms with Crippen LogP contribution in [-0.2, 0) is 11.3 Å². The van der Waals surface area contributed by atoms with Crippen molar-refractivity contribution >= 4 is 23.2 Å². The topological polar surface area (TPSA) is 91.6 Å². The number of hydrogen-bond acceptors (Lipinski definition) is 5. The number of hydrogen-bond donors (Lipinski definition) is 1. The number of ether oxygens (including phenoxy) is 2. The minimum atomic E-state index is -0.827. The van der Waals surface area contributed by atoms with Gasteiger partial charge in [-0.1, -0.05) is 23.7 Å². The summed E-state index contributed by atoms with van der Waals surface area (Å²) in [6.45, 7) is 1.91. The third kappa shape index (κ3) is 4.55. The zero-order chi connectivity index (χ0) is 21.7. The summed E-state index contributed by atoms with van der Waals surface area (Å²) in [6, 6.07) is 11.7. The molecular formula is C21H20ClN3O5. The lowest BCUT2D eigenvalue weighted by Crippen LogP contribution is -2.41. The summed E-state index contributed by atoms with van der Waals surface area (Å²) in [5.74, 6) is 0.473. The molecule has 0 fully saturated rings. The van der Waals surface area contributed by atoms with Gasteiger partial charge in [0.1, 0.15) is 18.0 Å². The Kier molecular flexibility index (Phi) is 6.58. The molecule has 0 aliphatic carbocycles. The molecule has 1 N–H and O–H groups in total. The van der Waals surface area contributed by atoms with E-state index >= 15 is 0 Å². The number of halogens is 1. The van der Waals surface area contributed by atoms with Crippen LogP contribution >= 0.6 is 11.6 Å². The molecule has 8 nitrogen and oxygen atoms in total. The number of methoxy groups -OCH3 is 1. The van der Waals surface area contributed by atoms with E-state index in [2.05, 4.69) is 5.32 Å². The molecule has 9 heteroatoms. The highest BCUT2D eigenvalue weighted by Gasteiger charge is 2.13. The number of anilines is 1. The Hall–Kier alpha value is -3.52. The second-order valence-electron chi connectivity index (χ2n) is 6.20. The number of benzene rings is 2. The average molecular weight is 430 g/mol. The second-order valence-corrected chi connectivity index (χ2v) is 6.61. The summed E-state index contributed by atoms with van der Waals surface area (Å²) in [6.07, 6.45) is 2.81. The highest BCUT2D eigenvalue weighted by atomic mass is 35.5. The Labute approximate surface area is 177 Å². The van der Waals surface area contributed by atoms with Gasteiger partial charge in [0.25, 0.3) is 0 Å². The van der Waals surface area contributed by atoms with Gasteiger partial charge in [0, 0.05) is 18.1 Å². The van der Waals surface area contributed by atoms with Crippen LogP contribution in [0.1, 0.15) is 6.92 Å². The number of amides is 1. The van der Waals surface area contributed by atoms with Crippen molar-refractivity contribution in [2.24, 2.45) is 0 Å². The van der Waals surface area contributed by atoms with E-state index in [1.165, 1.54) is 30.1 Å². The van der Waals surface area contributed by atoms with E-state index in [0.717, 1.165) is 4.57 Å². The quantitative estimate of drug-likeness (QED) is 0.583. The summed E-state index contributed by atoms with van der Waals surface area (Å²) >= 11 is 6.04. The van der Waals surface area contributed by atoms with Crippen LogP contribution in [0.3, 0.4) is 0 Å². The van der Waals surface area contributed by atoms with Crippen molar-refractivity contribution in [2.45, 2.75) is 13.5 Å². The van der Waals surface area contributed by atoms with Gasteiger partial charge < -0.3 is 14.8 Å². The monoisotopic (exact) mass is 429 g/mol. The highest BCUT2D eigenvalue weighted by Crippen LogP contribution is 2.27. The first-order chi connectivity index (χ1) is 14.4. The summed E-state index contributed by atoms with van der Waals surface area (Å²) in [5, 5.41) is 2.97. The van der Waals surface area contributed by atoms with Gasteiger partial charge in [0.05, 0.1) is 24.4 Å². The molecular weight excluding hydrogens is 410 g/mol. The molecule has 0 spiro atoms. The third-order valence-electron chi connectivity index (χ3n) is 4.23. The number of carbonyl (C=O) groups excluding carboxylic acids is 1. The minimum Gasteiger partial charge on any atom is -0.495 e. The molecule has 0 radical (unpaired) electrons. The molecule has 0 saturated carbocycles. The van der Waals surface area contributed by atoms with Gasteiger partial charge in [-0.15, -0.1) is 0 Å². The first-order valence-corrected chi connectivity index (χ1v) is 9.50. The Balaban J connectivity index is 1.83. The van der Waals surface area contributed by atoms with Gasteiger partial charge in [-0.2, -0.15) is 0 Å². The third-order valence-corrected chi connectivity index (χ3v) is 4.53. The van der Waals surface area contributed by atoms with Crippen LogP contribution in [0.25, 0.3) is 5.69 Å². The van der Waals surface area contributed by atoms with Gasteiger partial charge in [0.2, 0.25) is 5.91 Å². The van der Waals surface area contributed by atoms with Crippen LogP contribution < -0.4 is 25.9 Å². The average Bonchev–Trinajstić information content (AvgIpc) is 2.73. The molecule has 0 unspecified atom stereocenters.